The van der Waals surface area contributed by atoms with E-state index in [1.54, 1.807) is 41.3 Å². The predicted octanol–water partition coefficient (Wildman–Crippen LogP) is 1.22. The quantitative estimate of drug-likeness (QED) is 0.609. The van der Waals surface area contributed by atoms with Gasteiger partial charge in [0.1, 0.15) is 5.65 Å². The number of hydrogen-bond acceptors (Lipinski definition) is 3. The Kier molecular flexibility index (Phi) is 1.83. The average Bonchev–Trinajstić information content (AvgIpc) is 2.98. The van der Waals surface area contributed by atoms with E-state index in [9.17, 15) is 4.79 Å². The first kappa shape index (κ1) is 8.84. The van der Waals surface area contributed by atoms with Gasteiger partial charge in [-0.25, -0.2) is 9.67 Å². The van der Waals surface area contributed by atoms with Gasteiger partial charge in [-0.2, -0.15) is 5.10 Å². The first-order valence-electron chi connectivity index (χ1n) is 4.82. The lowest BCUT2D eigenvalue weighted by atomic mass is 10.2. The number of aromatic nitrogens is 4. The molecule has 78 valence electrons. The predicted molar refractivity (Wildman–Crippen MR) is 57.1 cm³/mol. The number of carbonyl (C=O) groups excluding carboxylic acids is 1. The summed E-state index contributed by atoms with van der Waals surface area (Å²) in [5, 5.41) is 3.91. The van der Waals surface area contributed by atoms with E-state index in [4.69, 9.17) is 0 Å². The van der Waals surface area contributed by atoms with Crippen molar-refractivity contribution in [2.45, 2.75) is 0 Å². The van der Waals surface area contributed by atoms with Crippen molar-refractivity contribution in [1.82, 2.24) is 19.2 Å². The Morgan fingerprint density at radius 3 is 2.88 bits per heavy atom. The van der Waals surface area contributed by atoms with Crippen molar-refractivity contribution < 1.29 is 4.79 Å². The van der Waals surface area contributed by atoms with Gasteiger partial charge in [0.15, 0.2) is 0 Å². The van der Waals surface area contributed by atoms with E-state index in [0.717, 1.165) is 0 Å². The largest absolute Gasteiger partial charge is 0.306 e. The van der Waals surface area contributed by atoms with E-state index < -0.39 is 0 Å². The lowest BCUT2D eigenvalue weighted by molar-refractivity contribution is 0.0946. The van der Waals surface area contributed by atoms with Crippen LogP contribution in [0.5, 0.6) is 0 Å². The lowest BCUT2D eigenvalue weighted by Gasteiger charge is -2.02. The number of pyridine rings is 1. The summed E-state index contributed by atoms with van der Waals surface area (Å²) in [5.74, 6) is -0.179. The summed E-state index contributed by atoms with van der Waals surface area (Å²) in [6, 6.07) is 5.27. The Balaban J connectivity index is 2.19. The van der Waals surface area contributed by atoms with Gasteiger partial charge in [0.2, 0.25) is 0 Å². The Morgan fingerprint density at radius 2 is 2.06 bits per heavy atom. The van der Waals surface area contributed by atoms with Crippen LogP contribution < -0.4 is 0 Å². The SMILES string of the molecule is O=C(c1cccn2ccnc12)n1cccn1. The highest BCUT2D eigenvalue weighted by Gasteiger charge is 2.12. The Morgan fingerprint density at radius 1 is 1.12 bits per heavy atom. The highest BCUT2D eigenvalue weighted by atomic mass is 16.2. The van der Waals surface area contributed by atoms with E-state index in [0.29, 0.717) is 11.2 Å². The van der Waals surface area contributed by atoms with Crippen LogP contribution in [0.3, 0.4) is 0 Å². The van der Waals surface area contributed by atoms with E-state index in [1.165, 1.54) is 4.68 Å². The summed E-state index contributed by atoms with van der Waals surface area (Å²) in [4.78, 5) is 16.2. The van der Waals surface area contributed by atoms with Gasteiger partial charge < -0.3 is 4.40 Å². The number of hydrogen-bond donors (Lipinski definition) is 0. The molecule has 0 aromatic carbocycles. The molecule has 0 unspecified atom stereocenters. The molecule has 0 radical (unpaired) electrons. The molecule has 5 heteroatoms. The number of fused-ring (bicyclic) bond motifs is 1. The molecular weight excluding hydrogens is 204 g/mol. The molecule has 0 aliphatic carbocycles. The number of imidazole rings is 1. The molecule has 5 nitrogen and oxygen atoms in total. The van der Waals surface area contributed by atoms with Gasteiger partial charge in [-0.3, -0.25) is 4.79 Å². The molecule has 0 fully saturated rings. The minimum absolute atomic E-state index is 0.179. The fourth-order valence-corrected chi connectivity index (χ4v) is 1.63. The van der Waals surface area contributed by atoms with Crippen molar-refractivity contribution in [3.8, 4) is 0 Å². The van der Waals surface area contributed by atoms with E-state index >= 15 is 0 Å². The van der Waals surface area contributed by atoms with Crippen molar-refractivity contribution in [1.29, 1.82) is 0 Å². The van der Waals surface area contributed by atoms with Crippen LogP contribution in [-0.4, -0.2) is 25.1 Å². The summed E-state index contributed by atoms with van der Waals surface area (Å²) in [6.45, 7) is 0. The minimum Gasteiger partial charge on any atom is -0.306 e. The van der Waals surface area contributed by atoms with Gasteiger partial charge in [0, 0.05) is 31.0 Å². The molecule has 0 bridgehead atoms. The molecule has 3 aromatic rings. The third kappa shape index (κ3) is 1.22. The Labute approximate surface area is 91.0 Å². The van der Waals surface area contributed by atoms with Crippen molar-refractivity contribution in [3.05, 3.63) is 54.7 Å². The molecule has 0 saturated carbocycles. The molecule has 0 N–H and O–H groups in total. The third-order valence-electron chi connectivity index (χ3n) is 2.36. The van der Waals surface area contributed by atoms with Crippen LogP contribution in [0.2, 0.25) is 0 Å². The first-order chi connectivity index (χ1) is 7.86. The van der Waals surface area contributed by atoms with Gasteiger partial charge in [0.05, 0.1) is 5.56 Å². The van der Waals surface area contributed by atoms with Crippen LogP contribution in [0.1, 0.15) is 10.4 Å². The molecule has 0 atom stereocenters. The van der Waals surface area contributed by atoms with Crippen LogP contribution in [0.15, 0.2) is 49.2 Å². The second kappa shape index (κ2) is 3.30. The van der Waals surface area contributed by atoms with E-state index in [2.05, 4.69) is 10.1 Å². The standard InChI is InChI=1S/C11H8N4O/c16-11(15-7-2-4-13-15)9-3-1-6-14-8-5-12-10(9)14/h1-8H. The fourth-order valence-electron chi connectivity index (χ4n) is 1.63. The molecule has 0 amide bonds. The van der Waals surface area contributed by atoms with Gasteiger partial charge in [-0.05, 0) is 18.2 Å². The van der Waals surface area contributed by atoms with Crippen molar-refractivity contribution in [2.24, 2.45) is 0 Å². The zero-order valence-electron chi connectivity index (χ0n) is 8.32. The molecular formula is C11H8N4O. The molecule has 0 spiro atoms. The lowest BCUT2D eigenvalue weighted by Crippen LogP contribution is -2.13. The zero-order chi connectivity index (χ0) is 11.0. The van der Waals surface area contributed by atoms with Crippen LogP contribution in [0, 0.1) is 0 Å². The zero-order valence-corrected chi connectivity index (χ0v) is 8.32. The Hall–Kier alpha value is -2.43. The number of nitrogens with zero attached hydrogens (tertiary/aromatic N) is 4. The normalized spacial score (nSPS) is 10.8. The number of carbonyl (C=O) groups is 1. The monoisotopic (exact) mass is 212 g/mol. The van der Waals surface area contributed by atoms with Gasteiger partial charge in [0.25, 0.3) is 5.91 Å². The molecule has 3 rings (SSSR count). The summed E-state index contributed by atoms with van der Waals surface area (Å²) in [6.07, 6.45) is 8.50. The highest BCUT2D eigenvalue weighted by Crippen LogP contribution is 2.09. The van der Waals surface area contributed by atoms with Crippen LogP contribution >= 0.6 is 0 Å². The van der Waals surface area contributed by atoms with E-state index in [1.807, 2.05) is 12.3 Å². The summed E-state index contributed by atoms with van der Waals surface area (Å²) in [5.41, 5.74) is 1.18. The third-order valence-corrected chi connectivity index (χ3v) is 2.36. The minimum atomic E-state index is -0.179. The fraction of sp³-hybridized carbons (Fsp3) is 0. The average molecular weight is 212 g/mol. The maximum absolute atomic E-state index is 12.1. The molecule has 3 heterocycles. The van der Waals surface area contributed by atoms with Gasteiger partial charge in [-0.1, -0.05) is 0 Å². The van der Waals surface area contributed by atoms with Crippen molar-refractivity contribution in [3.63, 3.8) is 0 Å². The molecule has 0 aliphatic heterocycles. The molecule has 3 aromatic heterocycles. The van der Waals surface area contributed by atoms with Gasteiger partial charge >= 0.3 is 0 Å². The molecule has 0 saturated heterocycles. The maximum Gasteiger partial charge on any atom is 0.281 e. The second-order valence-corrected chi connectivity index (χ2v) is 3.34. The summed E-state index contributed by atoms with van der Waals surface area (Å²) >= 11 is 0. The topological polar surface area (TPSA) is 52.2 Å². The van der Waals surface area contributed by atoms with Crippen molar-refractivity contribution in [2.75, 3.05) is 0 Å². The van der Waals surface area contributed by atoms with Crippen molar-refractivity contribution >= 4 is 11.6 Å². The Bertz CT molecular complexity index is 639. The maximum atomic E-state index is 12.1. The van der Waals surface area contributed by atoms with E-state index in [-0.39, 0.29) is 5.91 Å². The van der Waals surface area contributed by atoms with Crippen LogP contribution in [0.4, 0.5) is 0 Å². The summed E-state index contributed by atoms with van der Waals surface area (Å²) < 4.78 is 3.10. The van der Waals surface area contributed by atoms with Crippen LogP contribution in [0.25, 0.3) is 5.65 Å². The van der Waals surface area contributed by atoms with Crippen LogP contribution in [-0.2, 0) is 0 Å². The highest BCUT2D eigenvalue weighted by molar-refractivity contribution is 6.00. The van der Waals surface area contributed by atoms with Gasteiger partial charge in [-0.15, -0.1) is 0 Å². The number of rotatable bonds is 1. The molecule has 16 heavy (non-hydrogen) atoms. The smallest absolute Gasteiger partial charge is 0.281 e. The second-order valence-electron chi connectivity index (χ2n) is 3.34. The summed E-state index contributed by atoms with van der Waals surface area (Å²) in [7, 11) is 0. The molecule has 0 aliphatic rings. The first-order valence-corrected chi connectivity index (χ1v) is 4.82.